The Morgan fingerprint density at radius 3 is 2.52 bits per heavy atom. The lowest BCUT2D eigenvalue weighted by molar-refractivity contribution is 0.537. The van der Waals surface area contributed by atoms with Gasteiger partial charge in [0.05, 0.1) is 23.6 Å². The van der Waals surface area contributed by atoms with Gasteiger partial charge >= 0.3 is 0 Å². The minimum atomic E-state index is -0.320. The van der Waals surface area contributed by atoms with Crippen molar-refractivity contribution < 1.29 is 4.39 Å². The molecule has 0 bridgehead atoms. The van der Waals surface area contributed by atoms with Crippen LogP contribution < -0.4 is 9.80 Å². The maximum absolute atomic E-state index is 13.0. The summed E-state index contributed by atoms with van der Waals surface area (Å²) < 4.78 is 13.0. The van der Waals surface area contributed by atoms with E-state index in [0.29, 0.717) is 11.0 Å². The molecule has 0 N–H and O–H groups in total. The highest BCUT2D eigenvalue weighted by Crippen LogP contribution is 2.21. The molecule has 3 heterocycles. The third-order valence-electron chi connectivity index (χ3n) is 3.52. The largest absolute Gasteiger partial charge is 0.350 e. The molecule has 2 aromatic heterocycles. The number of hydrogen-bond acceptors (Lipinski definition) is 5. The normalized spacial score (nSPS) is 18.9. The van der Waals surface area contributed by atoms with Gasteiger partial charge in [-0.1, -0.05) is 11.6 Å². The Labute approximate surface area is 127 Å². The first kappa shape index (κ1) is 14.0. The van der Waals surface area contributed by atoms with Crippen LogP contribution in [0.5, 0.6) is 0 Å². The molecule has 0 amide bonds. The third-order valence-corrected chi connectivity index (χ3v) is 3.72. The van der Waals surface area contributed by atoms with Crippen LogP contribution >= 0.6 is 11.6 Å². The van der Waals surface area contributed by atoms with E-state index in [4.69, 9.17) is 11.6 Å². The molecule has 1 aliphatic rings. The van der Waals surface area contributed by atoms with Gasteiger partial charge in [-0.2, -0.15) is 0 Å². The summed E-state index contributed by atoms with van der Waals surface area (Å²) in [5, 5.41) is 0.529. The third kappa shape index (κ3) is 3.05. The van der Waals surface area contributed by atoms with E-state index in [1.54, 1.807) is 18.5 Å². The highest BCUT2D eigenvalue weighted by Gasteiger charge is 2.26. The van der Waals surface area contributed by atoms with E-state index in [0.717, 1.165) is 25.5 Å². The van der Waals surface area contributed by atoms with Crippen LogP contribution in [0.3, 0.4) is 0 Å². The van der Waals surface area contributed by atoms with E-state index >= 15 is 0 Å². The molecular formula is C14H15ClFN5. The first-order valence-corrected chi connectivity index (χ1v) is 7.12. The molecule has 0 saturated carbocycles. The van der Waals surface area contributed by atoms with Crippen molar-refractivity contribution in [2.45, 2.75) is 13.0 Å². The summed E-state index contributed by atoms with van der Waals surface area (Å²) in [6.45, 7) is 4.45. The van der Waals surface area contributed by atoms with Crippen molar-refractivity contribution in [1.82, 2.24) is 15.0 Å². The van der Waals surface area contributed by atoms with Gasteiger partial charge in [0.2, 0.25) is 5.95 Å². The molecular weight excluding hydrogens is 293 g/mol. The van der Waals surface area contributed by atoms with Gasteiger partial charge in [-0.05, 0) is 19.1 Å². The van der Waals surface area contributed by atoms with Gasteiger partial charge < -0.3 is 9.80 Å². The minimum absolute atomic E-state index is 0.232. The molecule has 0 radical (unpaired) electrons. The Bertz CT molecular complexity index is 604. The van der Waals surface area contributed by atoms with E-state index in [-0.39, 0.29) is 11.9 Å². The molecule has 0 aliphatic carbocycles. The summed E-state index contributed by atoms with van der Waals surface area (Å²) in [7, 11) is 0. The predicted octanol–water partition coefficient (Wildman–Crippen LogP) is 2.38. The second kappa shape index (κ2) is 5.81. The van der Waals surface area contributed by atoms with Crippen molar-refractivity contribution in [3.05, 3.63) is 41.6 Å². The van der Waals surface area contributed by atoms with Crippen molar-refractivity contribution in [2.75, 3.05) is 29.4 Å². The fraction of sp³-hybridized carbons (Fsp3) is 0.357. The molecule has 1 saturated heterocycles. The van der Waals surface area contributed by atoms with Gasteiger partial charge in [-0.15, -0.1) is 0 Å². The topological polar surface area (TPSA) is 45.2 Å². The Kier molecular flexibility index (Phi) is 3.88. The summed E-state index contributed by atoms with van der Waals surface area (Å²) in [6.07, 6.45) is 4.45. The van der Waals surface area contributed by atoms with Gasteiger partial charge in [0, 0.05) is 25.7 Å². The molecule has 21 heavy (non-hydrogen) atoms. The fourth-order valence-corrected chi connectivity index (χ4v) is 2.58. The van der Waals surface area contributed by atoms with E-state index < -0.39 is 0 Å². The minimum Gasteiger partial charge on any atom is -0.350 e. The van der Waals surface area contributed by atoms with Crippen LogP contribution in [0.1, 0.15) is 6.92 Å². The number of piperazine rings is 1. The lowest BCUT2D eigenvalue weighted by Gasteiger charge is -2.40. The van der Waals surface area contributed by atoms with Crippen molar-refractivity contribution >= 4 is 23.4 Å². The first-order chi connectivity index (χ1) is 10.1. The van der Waals surface area contributed by atoms with Gasteiger partial charge in [0.15, 0.2) is 0 Å². The number of halogens is 2. The Balaban J connectivity index is 1.72. The highest BCUT2D eigenvalue weighted by atomic mass is 35.5. The number of anilines is 2. The summed E-state index contributed by atoms with van der Waals surface area (Å²) in [4.78, 5) is 16.9. The fourth-order valence-electron chi connectivity index (χ4n) is 2.49. The molecule has 1 aliphatic heterocycles. The molecule has 0 aromatic carbocycles. The number of aromatic nitrogens is 3. The number of hydrogen-bond donors (Lipinski definition) is 0. The molecule has 110 valence electrons. The summed E-state index contributed by atoms with van der Waals surface area (Å²) in [6, 6.07) is 3.38. The van der Waals surface area contributed by atoms with Crippen molar-refractivity contribution in [3.8, 4) is 0 Å². The van der Waals surface area contributed by atoms with E-state index in [2.05, 4.69) is 31.7 Å². The van der Waals surface area contributed by atoms with Crippen LogP contribution in [-0.2, 0) is 0 Å². The summed E-state index contributed by atoms with van der Waals surface area (Å²) in [5.41, 5.74) is 0. The summed E-state index contributed by atoms with van der Waals surface area (Å²) >= 11 is 5.80. The molecule has 1 unspecified atom stereocenters. The van der Waals surface area contributed by atoms with Gasteiger partial charge in [0.25, 0.3) is 0 Å². The van der Waals surface area contributed by atoms with Crippen molar-refractivity contribution in [3.63, 3.8) is 0 Å². The molecule has 7 heteroatoms. The zero-order valence-corrected chi connectivity index (χ0v) is 12.3. The zero-order valence-electron chi connectivity index (χ0n) is 11.6. The molecule has 1 fully saturated rings. The zero-order chi connectivity index (χ0) is 14.8. The second-order valence-corrected chi connectivity index (χ2v) is 5.46. The number of rotatable bonds is 2. The Morgan fingerprint density at radius 2 is 1.90 bits per heavy atom. The monoisotopic (exact) mass is 307 g/mol. The highest BCUT2D eigenvalue weighted by molar-refractivity contribution is 6.30. The van der Waals surface area contributed by atoms with Crippen LogP contribution in [0.4, 0.5) is 16.2 Å². The average molecular weight is 308 g/mol. The molecule has 2 aromatic rings. The average Bonchev–Trinajstić information content (AvgIpc) is 2.49. The quantitative estimate of drug-likeness (QED) is 0.852. The van der Waals surface area contributed by atoms with Crippen LogP contribution in [0.2, 0.25) is 5.02 Å². The molecule has 1 atom stereocenters. The maximum atomic E-state index is 13.0. The lowest BCUT2D eigenvalue weighted by atomic mass is 10.2. The first-order valence-electron chi connectivity index (χ1n) is 6.74. The van der Waals surface area contributed by atoms with Gasteiger partial charge in [0.1, 0.15) is 11.6 Å². The second-order valence-electron chi connectivity index (χ2n) is 5.02. The standard InChI is InChI=1S/C14H15ClFN5/c1-10-9-20(14-18-6-11(15)7-19-14)4-5-21(10)13-3-2-12(16)8-17-13/h2-3,6-8,10H,4-5,9H2,1H3. The van der Waals surface area contributed by atoms with Crippen LogP contribution in [0, 0.1) is 5.82 Å². The Morgan fingerprint density at radius 1 is 1.14 bits per heavy atom. The predicted molar refractivity (Wildman–Crippen MR) is 80.3 cm³/mol. The van der Waals surface area contributed by atoms with Crippen LogP contribution in [0.15, 0.2) is 30.7 Å². The van der Waals surface area contributed by atoms with E-state index in [1.165, 1.54) is 12.3 Å². The molecule has 0 spiro atoms. The number of nitrogens with zero attached hydrogens (tertiary/aromatic N) is 5. The molecule has 3 rings (SSSR count). The molecule has 5 nitrogen and oxygen atoms in total. The SMILES string of the molecule is CC1CN(c2ncc(Cl)cn2)CCN1c1ccc(F)cn1. The summed E-state index contributed by atoms with van der Waals surface area (Å²) in [5.74, 6) is 1.15. The number of pyridine rings is 1. The maximum Gasteiger partial charge on any atom is 0.225 e. The Hall–Kier alpha value is -1.95. The van der Waals surface area contributed by atoms with E-state index in [9.17, 15) is 4.39 Å². The van der Waals surface area contributed by atoms with Crippen molar-refractivity contribution in [1.29, 1.82) is 0 Å². The van der Waals surface area contributed by atoms with Gasteiger partial charge in [-0.25, -0.2) is 19.3 Å². The van der Waals surface area contributed by atoms with Gasteiger partial charge in [-0.3, -0.25) is 0 Å². The van der Waals surface area contributed by atoms with Crippen LogP contribution in [-0.4, -0.2) is 40.6 Å². The van der Waals surface area contributed by atoms with Crippen molar-refractivity contribution in [2.24, 2.45) is 0 Å². The smallest absolute Gasteiger partial charge is 0.225 e. The van der Waals surface area contributed by atoms with Crippen LogP contribution in [0.25, 0.3) is 0 Å². The lowest BCUT2D eigenvalue weighted by Crippen LogP contribution is -2.52. The van der Waals surface area contributed by atoms with E-state index in [1.807, 2.05) is 0 Å².